The summed E-state index contributed by atoms with van der Waals surface area (Å²) in [4.78, 5) is 12.4. The van der Waals surface area contributed by atoms with Gasteiger partial charge >= 0.3 is 6.01 Å². The molecule has 5 heteroatoms. The van der Waals surface area contributed by atoms with Crippen LogP contribution in [0, 0.1) is 0 Å². The summed E-state index contributed by atoms with van der Waals surface area (Å²) in [5.74, 6) is 0.697. The van der Waals surface area contributed by atoms with Gasteiger partial charge in [-0.15, -0.1) is 0 Å². The monoisotopic (exact) mass is 301 g/mol. The van der Waals surface area contributed by atoms with Crippen LogP contribution in [0.15, 0.2) is 53.4 Å². The molecule has 0 saturated carbocycles. The Morgan fingerprint density at radius 1 is 0.944 bits per heavy atom. The fraction of sp³-hybridized carbons (Fsp3) is 0. The average molecular weight is 302 g/mol. The lowest BCUT2D eigenvalue weighted by Gasteiger charge is -2.06. The van der Waals surface area contributed by atoms with E-state index in [2.05, 4.69) is 30.9 Å². The van der Waals surface area contributed by atoms with Crippen molar-refractivity contribution in [2.75, 3.05) is 0 Å². The van der Waals surface area contributed by atoms with E-state index in [1.807, 2.05) is 30.3 Å². The summed E-state index contributed by atoms with van der Waals surface area (Å²) in [5.41, 5.74) is 0.882. The molecule has 88 valence electrons. The van der Waals surface area contributed by atoms with Gasteiger partial charge in [0.25, 0.3) is 0 Å². The van der Waals surface area contributed by atoms with E-state index in [1.165, 1.54) is 0 Å². The van der Waals surface area contributed by atoms with Gasteiger partial charge in [0.1, 0.15) is 5.75 Å². The van der Waals surface area contributed by atoms with E-state index in [4.69, 9.17) is 4.74 Å². The number of pyridine rings is 1. The van der Waals surface area contributed by atoms with Gasteiger partial charge in [-0.05, 0) is 40.2 Å². The van der Waals surface area contributed by atoms with Gasteiger partial charge in [0.05, 0.1) is 9.99 Å². The summed E-state index contributed by atoms with van der Waals surface area (Å²) in [6.45, 7) is 0. The molecule has 3 aromatic rings. The third-order valence-corrected chi connectivity index (χ3v) is 2.81. The van der Waals surface area contributed by atoms with Crippen molar-refractivity contribution >= 4 is 26.8 Å². The fourth-order valence-electron chi connectivity index (χ4n) is 1.62. The highest BCUT2D eigenvalue weighted by molar-refractivity contribution is 9.10. The molecule has 0 aliphatic heterocycles. The minimum atomic E-state index is 0.314. The molecule has 3 rings (SSSR count). The van der Waals surface area contributed by atoms with E-state index in [-0.39, 0.29) is 0 Å². The first-order valence-corrected chi connectivity index (χ1v) is 6.11. The number of halogens is 1. The number of ether oxygens (including phenoxy) is 1. The summed E-state index contributed by atoms with van der Waals surface area (Å²) in [7, 11) is 0. The van der Waals surface area contributed by atoms with Gasteiger partial charge in [-0.25, -0.2) is 9.97 Å². The highest BCUT2D eigenvalue weighted by Crippen LogP contribution is 2.27. The van der Waals surface area contributed by atoms with Crippen molar-refractivity contribution in [3.63, 3.8) is 0 Å². The minimum absolute atomic E-state index is 0.314. The van der Waals surface area contributed by atoms with Crippen LogP contribution in [0.3, 0.4) is 0 Å². The van der Waals surface area contributed by atoms with Crippen molar-refractivity contribution in [3.05, 3.63) is 53.4 Å². The van der Waals surface area contributed by atoms with Gasteiger partial charge in [-0.1, -0.05) is 6.07 Å². The average Bonchev–Trinajstić information content (AvgIpc) is 2.42. The van der Waals surface area contributed by atoms with Crippen molar-refractivity contribution in [2.24, 2.45) is 0 Å². The van der Waals surface area contributed by atoms with Gasteiger partial charge < -0.3 is 4.74 Å². The summed E-state index contributed by atoms with van der Waals surface area (Å²) in [6, 6.07) is 9.84. The Kier molecular flexibility index (Phi) is 2.90. The molecule has 2 heterocycles. The van der Waals surface area contributed by atoms with Crippen LogP contribution in [0.25, 0.3) is 10.9 Å². The third kappa shape index (κ3) is 2.17. The topological polar surface area (TPSA) is 47.9 Å². The molecule has 0 saturated heterocycles. The quantitative estimate of drug-likeness (QED) is 0.726. The van der Waals surface area contributed by atoms with Crippen LogP contribution in [0.5, 0.6) is 11.8 Å². The lowest BCUT2D eigenvalue weighted by atomic mass is 10.2. The third-order valence-electron chi connectivity index (χ3n) is 2.40. The summed E-state index contributed by atoms with van der Waals surface area (Å²) >= 11 is 3.28. The van der Waals surface area contributed by atoms with E-state index in [9.17, 15) is 0 Å². The Labute approximate surface area is 112 Å². The highest BCUT2D eigenvalue weighted by Gasteiger charge is 2.05. The van der Waals surface area contributed by atoms with Crippen LogP contribution in [-0.2, 0) is 0 Å². The Balaban J connectivity index is 2.02. The van der Waals surface area contributed by atoms with Gasteiger partial charge in [-0.2, -0.15) is 0 Å². The second-order valence-corrected chi connectivity index (χ2v) is 4.53. The summed E-state index contributed by atoms with van der Waals surface area (Å²) < 4.78 is 6.48. The number of hydrogen-bond acceptors (Lipinski definition) is 4. The van der Waals surface area contributed by atoms with Crippen molar-refractivity contribution in [2.45, 2.75) is 0 Å². The zero-order valence-corrected chi connectivity index (χ0v) is 10.8. The summed E-state index contributed by atoms with van der Waals surface area (Å²) in [5, 5.41) is 0.937. The Bertz CT molecular complexity index is 680. The Hall–Kier alpha value is -2.01. The predicted octanol–water partition coefficient (Wildman–Crippen LogP) is 3.58. The van der Waals surface area contributed by atoms with Crippen LogP contribution in [0.1, 0.15) is 0 Å². The molecule has 0 spiro atoms. The van der Waals surface area contributed by atoms with Crippen LogP contribution in [0.4, 0.5) is 0 Å². The van der Waals surface area contributed by atoms with E-state index in [0.717, 1.165) is 15.4 Å². The fourth-order valence-corrected chi connectivity index (χ4v) is 1.82. The lowest BCUT2D eigenvalue weighted by Crippen LogP contribution is -1.92. The smallest absolute Gasteiger partial charge is 0.321 e. The lowest BCUT2D eigenvalue weighted by molar-refractivity contribution is 0.446. The molecule has 0 aliphatic carbocycles. The summed E-state index contributed by atoms with van der Waals surface area (Å²) in [6.07, 6.45) is 5.04. The first kappa shape index (κ1) is 11.1. The second-order valence-electron chi connectivity index (χ2n) is 3.61. The molecule has 0 N–H and O–H groups in total. The number of hydrogen-bond donors (Lipinski definition) is 0. The maximum absolute atomic E-state index is 5.66. The molecule has 0 radical (unpaired) electrons. The molecule has 0 aliphatic rings. The van der Waals surface area contributed by atoms with E-state index >= 15 is 0 Å². The molecule has 18 heavy (non-hydrogen) atoms. The Morgan fingerprint density at radius 2 is 1.78 bits per heavy atom. The van der Waals surface area contributed by atoms with Gasteiger partial charge in [0.2, 0.25) is 0 Å². The highest BCUT2D eigenvalue weighted by atomic mass is 79.9. The van der Waals surface area contributed by atoms with Crippen molar-refractivity contribution in [1.82, 2.24) is 15.0 Å². The van der Waals surface area contributed by atoms with Crippen molar-refractivity contribution in [1.29, 1.82) is 0 Å². The number of nitrogens with zero attached hydrogens (tertiary/aromatic N) is 3. The van der Waals surface area contributed by atoms with E-state index in [1.54, 1.807) is 18.6 Å². The second kappa shape index (κ2) is 4.70. The van der Waals surface area contributed by atoms with Gasteiger partial charge in [0, 0.05) is 24.0 Å². The minimum Gasteiger partial charge on any atom is -0.424 e. The zero-order valence-electron chi connectivity index (χ0n) is 9.25. The van der Waals surface area contributed by atoms with Gasteiger partial charge in [0.15, 0.2) is 0 Å². The normalized spacial score (nSPS) is 10.5. The van der Waals surface area contributed by atoms with Crippen LogP contribution >= 0.6 is 15.9 Å². The maximum Gasteiger partial charge on any atom is 0.321 e. The van der Waals surface area contributed by atoms with Crippen LogP contribution in [0.2, 0.25) is 0 Å². The molecule has 1 aromatic carbocycles. The number of benzene rings is 1. The molecule has 4 nitrogen and oxygen atoms in total. The zero-order chi connectivity index (χ0) is 12.4. The van der Waals surface area contributed by atoms with Crippen molar-refractivity contribution in [3.8, 4) is 11.8 Å². The number of fused-ring (bicyclic) bond motifs is 1. The Morgan fingerprint density at radius 3 is 2.61 bits per heavy atom. The van der Waals surface area contributed by atoms with E-state index < -0.39 is 0 Å². The SMILES string of the molecule is Brc1cnc(Oc2cccc3ncccc23)nc1. The molecule has 0 fully saturated rings. The van der Waals surface area contributed by atoms with Crippen LogP contribution < -0.4 is 4.74 Å². The number of aromatic nitrogens is 3. The molecular formula is C13H8BrN3O. The molecule has 0 bridgehead atoms. The molecule has 0 atom stereocenters. The largest absolute Gasteiger partial charge is 0.424 e. The predicted molar refractivity (Wildman–Crippen MR) is 71.5 cm³/mol. The first-order chi connectivity index (χ1) is 8.83. The van der Waals surface area contributed by atoms with Crippen molar-refractivity contribution < 1.29 is 4.74 Å². The molecular weight excluding hydrogens is 294 g/mol. The van der Waals surface area contributed by atoms with E-state index in [0.29, 0.717) is 11.8 Å². The van der Waals surface area contributed by atoms with Gasteiger partial charge in [-0.3, -0.25) is 4.98 Å². The molecule has 2 aromatic heterocycles. The molecule has 0 unspecified atom stereocenters. The maximum atomic E-state index is 5.66. The molecule has 0 amide bonds. The number of rotatable bonds is 2. The van der Waals surface area contributed by atoms with Crippen LogP contribution in [-0.4, -0.2) is 15.0 Å². The first-order valence-electron chi connectivity index (χ1n) is 5.32. The standard InChI is InChI=1S/C13H8BrN3O/c14-9-7-16-13(17-8-9)18-12-5-1-4-11-10(12)3-2-6-15-11/h1-8H.